The summed E-state index contributed by atoms with van der Waals surface area (Å²) in [6.07, 6.45) is 2.02. The zero-order valence-electron chi connectivity index (χ0n) is 9.61. The lowest BCUT2D eigenvalue weighted by molar-refractivity contribution is 0.0941. The summed E-state index contributed by atoms with van der Waals surface area (Å²) in [7, 11) is 1.86. The zero-order valence-corrected chi connectivity index (χ0v) is 10.6. The SMILES string of the molecule is C/C=C(/OCC1CO1)[Si](OC)(OC)OC. The van der Waals surface area contributed by atoms with Crippen LogP contribution >= 0.6 is 0 Å². The van der Waals surface area contributed by atoms with Crippen molar-refractivity contribution in [2.45, 2.75) is 13.0 Å². The molecule has 0 amide bonds. The van der Waals surface area contributed by atoms with Gasteiger partial charge in [0.15, 0.2) is 5.38 Å². The van der Waals surface area contributed by atoms with Gasteiger partial charge in [-0.25, -0.2) is 0 Å². The molecule has 0 aromatic rings. The molecule has 1 fully saturated rings. The van der Waals surface area contributed by atoms with Gasteiger partial charge in [0.2, 0.25) is 0 Å². The highest BCUT2D eigenvalue weighted by atomic mass is 28.4. The Labute approximate surface area is 91.3 Å². The zero-order chi connectivity index (χ0) is 11.3. The van der Waals surface area contributed by atoms with E-state index < -0.39 is 8.80 Å². The highest BCUT2D eigenvalue weighted by Crippen LogP contribution is 2.21. The molecule has 0 radical (unpaired) electrons. The smallest absolute Gasteiger partial charge is 0.492 e. The molecule has 1 heterocycles. The van der Waals surface area contributed by atoms with Gasteiger partial charge in [0.25, 0.3) is 0 Å². The van der Waals surface area contributed by atoms with E-state index >= 15 is 0 Å². The Morgan fingerprint density at radius 2 is 1.87 bits per heavy atom. The molecule has 0 aromatic heterocycles. The van der Waals surface area contributed by atoms with Crippen LogP contribution < -0.4 is 0 Å². The molecule has 0 bridgehead atoms. The number of ether oxygens (including phenoxy) is 2. The number of allylic oxidation sites excluding steroid dienone is 1. The standard InChI is InChI=1S/C9H18O5Si/c1-5-9(14-7-8-6-13-8)15(10-2,11-3)12-4/h5,8H,6-7H2,1-4H3/b9-5-. The minimum absolute atomic E-state index is 0.206. The van der Waals surface area contributed by atoms with Crippen LogP contribution in [0.5, 0.6) is 0 Å². The third-order valence-electron chi connectivity index (χ3n) is 2.20. The largest absolute Gasteiger partial charge is 0.572 e. The van der Waals surface area contributed by atoms with Crippen molar-refractivity contribution in [1.29, 1.82) is 0 Å². The Bertz CT molecular complexity index is 214. The van der Waals surface area contributed by atoms with Crippen LogP contribution in [-0.2, 0) is 22.8 Å². The number of epoxide rings is 1. The maximum absolute atomic E-state index is 5.58. The first kappa shape index (κ1) is 12.7. The maximum atomic E-state index is 5.58. The lowest BCUT2D eigenvalue weighted by atomic mass is 10.5. The number of hydrogen-bond donors (Lipinski definition) is 0. The highest BCUT2D eigenvalue weighted by molar-refractivity contribution is 6.67. The first-order chi connectivity index (χ1) is 7.22. The van der Waals surface area contributed by atoms with Crippen molar-refractivity contribution in [1.82, 2.24) is 0 Å². The van der Waals surface area contributed by atoms with Crippen molar-refractivity contribution in [3.63, 3.8) is 0 Å². The molecule has 0 aromatic carbocycles. The molecule has 1 rings (SSSR count). The minimum Gasteiger partial charge on any atom is -0.492 e. The Morgan fingerprint density at radius 1 is 1.33 bits per heavy atom. The van der Waals surface area contributed by atoms with E-state index in [4.69, 9.17) is 22.8 Å². The molecule has 1 unspecified atom stereocenters. The molecule has 0 spiro atoms. The molecule has 15 heavy (non-hydrogen) atoms. The normalized spacial score (nSPS) is 21.6. The van der Waals surface area contributed by atoms with Crippen LogP contribution in [-0.4, -0.2) is 49.5 Å². The Kier molecular flexibility index (Phi) is 4.74. The Hall–Kier alpha value is -0.403. The van der Waals surface area contributed by atoms with Gasteiger partial charge in [-0.15, -0.1) is 0 Å². The molecule has 0 aliphatic carbocycles. The summed E-state index contributed by atoms with van der Waals surface area (Å²) < 4.78 is 26.5. The van der Waals surface area contributed by atoms with Gasteiger partial charge in [-0.2, -0.15) is 0 Å². The summed E-state index contributed by atoms with van der Waals surface area (Å²) in [5, 5.41) is 0.630. The van der Waals surface area contributed by atoms with Crippen molar-refractivity contribution >= 4 is 8.80 Å². The second kappa shape index (κ2) is 5.62. The lowest BCUT2D eigenvalue weighted by Crippen LogP contribution is -2.46. The van der Waals surface area contributed by atoms with Gasteiger partial charge >= 0.3 is 8.80 Å². The molecular formula is C9H18O5Si. The van der Waals surface area contributed by atoms with Crippen molar-refractivity contribution in [3.8, 4) is 0 Å². The summed E-state index contributed by atoms with van der Waals surface area (Å²) in [5.74, 6) is 0. The molecule has 1 aliphatic heterocycles. The quantitative estimate of drug-likeness (QED) is 0.369. The van der Waals surface area contributed by atoms with Crippen molar-refractivity contribution in [2.75, 3.05) is 34.5 Å². The van der Waals surface area contributed by atoms with Crippen molar-refractivity contribution in [3.05, 3.63) is 11.5 Å². The van der Waals surface area contributed by atoms with E-state index in [0.717, 1.165) is 6.61 Å². The van der Waals surface area contributed by atoms with Gasteiger partial charge in [-0.1, -0.05) is 0 Å². The molecule has 1 aliphatic rings. The summed E-state index contributed by atoms with van der Waals surface area (Å²) in [6.45, 7) is 3.14. The third-order valence-corrected chi connectivity index (χ3v) is 4.85. The highest BCUT2D eigenvalue weighted by Gasteiger charge is 2.45. The first-order valence-corrected chi connectivity index (χ1v) is 6.51. The molecule has 5 nitrogen and oxygen atoms in total. The Balaban J connectivity index is 2.59. The predicted octanol–water partition coefficient (Wildman–Crippen LogP) is 0.723. The van der Waals surface area contributed by atoms with Crippen LogP contribution in [0.2, 0.25) is 0 Å². The van der Waals surface area contributed by atoms with E-state index in [2.05, 4.69) is 0 Å². The van der Waals surface area contributed by atoms with E-state index in [1.165, 1.54) is 0 Å². The van der Waals surface area contributed by atoms with Gasteiger partial charge in [0.1, 0.15) is 12.7 Å². The lowest BCUT2D eigenvalue weighted by Gasteiger charge is -2.26. The summed E-state index contributed by atoms with van der Waals surface area (Å²) in [6, 6.07) is 0. The number of rotatable bonds is 7. The van der Waals surface area contributed by atoms with E-state index in [0.29, 0.717) is 12.0 Å². The maximum Gasteiger partial charge on any atom is 0.572 e. The summed E-state index contributed by atoms with van der Waals surface area (Å²) in [4.78, 5) is 0. The second-order valence-electron chi connectivity index (χ2n) is 3.09. The van der Waals surface area contributed by atoms with Crippen LogP contribution in [0.15, 0.2) is 11.5 Å². The summed E-state index contributed by atoms with van der Waals surface area (Å²) >= 11 is 0. The predicted molar refractivity (Wildman–Crippen MR) is 56.2 cm³/mol. The molecule has 0 saturated carbocycles. The minimum atomic E-state index is -2.80. The van der Waals surface area contributed by atoms with Gasteiger partial charge in [0, 0.05) is 21.3 Å². The monoisotopic (exact) mass is 234 g/mol. The van der Waals surface area contributed by atoms with E-state index in [1.54, 1.807) is 21.3 Å². The molecule has 0 N–H and O–H groups in total. The third kappa shape index (κ3) is 3.02. The van der Waals surface area contributed by atoms with Crippen molar-refractivity contribution in [2.24, 2.45) is 0 Å². The van der Waals surface area contributed by atoms with Crippen LogP contribution in [0.3, 0.4) is 0 Å². The van der Waals surface area contributed by atoms with Crippen LogP contribution in [0.25, 0.3) is 0 Å². The van der Waals surface area contributed by atoms with Gasteiger partial charge in [-0.05, 0) is 13.0 Å². The Morgan fingerprint density at radius 3 is 2.20 bits per heavy atom. The average molecular weight is 234 g/mol. The van der Waals surface area contributed by atoms with Gasteiger partial charge < -0.3 is 22.8 Å². The van der Waals surface area contributed by atoms with E-state index in [9.17, 15) is 0 Å². The molecule has 1 atom stereocenters. The van der Waals surface area contributed by atoms with Gasteiger partial charge in [-0.3, -0.25) is 0 Å². The fourth-order valence-corrected chi connectivity index (χ4v) is 2.96. The fraction of sp³-hybridized carbons (Fsp3) is 0.778. The van der Waals surface area contributed by atoms with Crippen molar-refractivity contribution < 1.29 is 22.8 Å². The molecule has 1 saturated heterocycles. The van der Waals surface area contributed by atoms with Crippen LogP contribution in [0, 0.1) is 0 Å². The summed E-state index contributed by atoms with van der Waals surface area (Å²) in [5.41, 5.74) is 0. The topological polar surface area (TPSA) is 49.5 Å². The van der Waals surface area contributed by atoms with Gasteiger partial charge in [0.05, 0.1) is 6.61 Å². The number of hydrogen-bond acceptors (Lipinski definition) is 5. The second-order valence-corrected chi connectivity index (χ2v) is 5.92. The van der Waals surface area contributed by atoms with Crippen LogP contribution in [0.1, 0.15) is 6.92 Å². The average Bonchev–Trinajstić information content (AvgIpc) is 3.09. The molecule has 6 heteroatoms. The fourth-order valence-electron chi connectivity index (χ4n) is 1.25. The molecular weight excluding hydrogens is 216 g/mol. The van der Waals surface area contributed by atoms with Crippen LogP contribution in [0.4, 0.5) is 0 Å². The molecule has 88 valence electrons. The van der Waals surface area contributed by atoms with E-state index in [-0.39, 0.29) is 6.10 Å². The first-order valence-electron chi connectivity index (χ1n) is 4.79. The van der Waals surface area contributed by atoms with E-state index in [1.807, 2.05) is 13.0 Å².